The number of rotatable bonds is 10. The van der Waals surface area contributed by atoms with Crippen molar-refractivity contribution >= 4 is 12.3 Å². The van der Waals surface area contributed by atoms with Crippen LogP contribution in [0.3, 0.4) is 0 Å². The van der Waals surface area contributed by atoms with Gasteiger partial charge in [0.2, 0.25) is 0 Å². The minimum atomic E-state index is -0.592. The zero-order valence-electron chi connectivity index (χ0n) is 15.1. The van der Waals surface area contributed by atoms with Gasteiger partial charge in [-0.3, -0.25) is 0 Å². The van der Waals surface area contributed by atoms with Crippen molar-refractivity contribution in [1.29, 1.82) is 0 Å². The molecule has 0 N–H and O–H groups in total. The second kappa shape index (κ2) is 12.9. The molecular formula is C18H32O6. The minimum absolute atomic E-state index is 0.149. The molecule has 1 rings (SSSR count). The molecule has 24 heavy (non-hydrogen) atoms. The largest absolute Gasteiger partial charge is 0.508 e. The molecule has 0 unspecified atom stereocenters. The van der Waals surface area contributed by atoms with Crippen LogP contribution in [0, 0.1) is 0 Å². The van der Waals surface area contributed by atoms with Crippen molar-refractivity contribution in [2.45, 2.75) is 90.3 Å². The molecule has 0 atom stereocenters. The molecule has 0 aromatic heterocycles. The van der Waals surface area contributed by atoms with Gasteiger partial charge < -0.3 is 18.9 Å². The number of hydrogen-bond acceptors (Lipinski definition) is 6. The van der Waals surface area contributed by atoms with Gasteiger partial charge in [0.1, 0.15) is 12.2 Å². The fourth-order valence-corrected chi connectivity index (χ4v) is 2.62. The van der Waals surface area contributed by atoms with Gasteiger partial charge in [-0.15, -0.1) is 0 Å². The van der Waals surface area contributed by atoms with Gasteiger partial charge in [-0.2, -0.15) is 0 Å². The molecular weight excluding hydrogens is 312 g/mol. The van der Waals surface area contributed by atoms with Crippen LogP contribution in [0.25, 0.3) is 0 Å². The van der Waals surface area contributed by atoms with E-state index in [-0.39, 0.29) is 12.2 Å². The van der Waals surface area contributed by atoms with Crippen molar-refractivity contribution < 1.29 is 28.5 Å². The predicted octanol–water partition coefficient (Wildman–Crippen LogP) is 4.98. The third-order valence-electron chi connectivity index (χ3n) is 4.08. The van der Waals surface area contributed by atoms with Crippen molar-refractivity contribution in [3.05, 3.63) is 0 Å². The van der Waals surface area contributed by atoms with E-state index >= 15 is 0 Å². The van der Waals surface area contributed by atoms with Crippen LogP contribution in [-0.2, 0) is 18.9 Å². The van der Waals surface area contributed by atoms with Crippen LogP contribution in [0.5, 0.6) is 0 Å². The summed E-state index contributed by atoms with van der Waals surface area (Å²) in [6.07, 6.45) is 7.23. The highest BCUT2D eigenvalue weighted by Gasteiger charge is 2.27. The van der Waals surface area contributed by atoms with E-state index in [0.29, 0.717) is 38.9 Å². The average molecular weight is 344 g/mol. The van der Waals surface area contributed by atoms with Crippen molar-refractivity contribution in [3.8, 4) is 0 Å². The Hall–Kier alpha value is -1.46. The van der Waals surface area contributed by atoms with Gasteiger partial charge in [-0.05, 0) is 38.5 Å². The van der Waals surface area contributed by atoms with Crippen molar-refractivity contribution in [2.24, 2.45) is 0 Å². The fraction of sp³-hybridized carbons (Fsp3) is 0.889. The standard InChI is InChI=1S/C18H32O6/c1-3-5-7-13-21-17(19)23-15-9-11-16(12-10-15)24-18(20)22-14-8-6-4-2/h15-16H,3-14H2,1-2H3. The number of carbonyl (C=O) groups excluding carboxylic acids is 2. The van der Waals surface area contributed by atoms with Gasteiger partial charge in [0, 0.05) is 0 Å². The molecule has 1 aliphatic rings. The first-order valence-electron chi connectivity index (χ1n) is 9.32. The lowest BCUT2D eigenvalue weighted by molar-refractivity contribution is -0.0270. The molecule has 0 amide bonds. The lowest BCUT2D eigenvalue weighted by Gasteiger charge is -2.27. The Morgan fingerprint density at radius 1 is 0.708 bits per heavy atom. The monoisotopic (exact) mass is 344 g/mol. The maximum atomic E-state index is 11.6. The average Bonchev–Trinajstić information content (AvgIpc) is 2.57. The normalized spacial score (nSPS) is 20.2. The van der Waals surface area contributed by atoms with E-state index in [1.54, 1.807) is 0 Å². The quantitative estimate of drug-likeness (QED) is 0.411. The predicted molar refractivity (Wildman–Crippen MR) is 90.0 cm³/mol. The molecule has 1 saturated carbocycles. The molecule has 1 aliphatic carbocycles. The number of hydrogen-bond donors (Lipinski definition) is 0. The van der Waals surface area contributed by atoms with Crippen LogP contribution < -0.4 is 0 Å². The van der Waals surface area contributed by atoms with Crippen LogP contribution in [0.2, 0.25) is 0 Å². The lowest BCUT2D eigenvalue weighted by Crippen LogP contribution is -2.30. The van der Waals surface area contributed by atoms with Crippen LogP contribution in [0.4, 0.5) is 9.59 Å². The summed E-state index contributed by atoms with van der Waals surface area (Å²) >= 11 is 0. The Balaban J connectivity index is 2.08. The van der Waals surface area contributed by atoms with E-state index in [2.05, 4.69) is 13.8 Å². The Bertz CT molecular complexity index is 315. The van der Waals surface area contributed by atoms with Crippen LogP contribution in [0.1, 0.15) is 78.1 Å². The summed E-state index contributed by atoms with van der Waals surface area (Å²) in [5.74, 6) is 0. The molecule has 6 heteroatoms. The van der Waals surface area contributed by atoms with Gasteiger partial charge in [0.15, 0.2) is 0 Å². The summed E-state index contributed by atoms with van der Waals surface area (Å²) in [5.41, 5.74) is 0. The van der Waals surface area contributed by atoms with Crippen LogP contribution >= 0.6 is 0 Å². The third-order valence-corrected chi connectivity index (χ3v) is 4.08. The Labute approximate surface area is 145 Å². The summed E-state index contributed by atoms with van der Waals surface area (Å²) in [6.45, 7) is 5.02. The molecule has 0 saturated heterocycles. The van der Waals surface area contributed by atoms with Crippen LogP contribution in [-0.4, -0.2) is 37.7 Å². The number of carbonyl (C=O) groups is 2. The van der Waals surface area contributed by atoms with E-state index in [4.69, 9.17) is 18.9 Å². The summed E-state index contributed by atoms with van der Waals surface area (Å²) in [7, 11) is 0. The van der Waals surface area contributed by atoms with Crippen molar-refractivity contribution in [2.75, 3.05) is 13.2 Å². The summed E-state index contributed by atoms with van der Waals surface area (Å²) in [5, 5.41) is 0. The summed E-state index contributed by atoms with van der Waals surface area (Å²) in [4.78, 5) is 23.1. The van der Waals surface area contributed by atoms with E-state index in [9.17, 15) is 9.59 Å². The maximum absolute atomic E-state index is 11.6. The second-order valence-electron chi connectivity index (χ2n) is 6.25. The highest BCUT2D eigenvalue weighted by molar-refractivity contribution is 5.60. The fourth-order valence-electron chi connectivity index (χ4n) is 2.62. The molecule has 0 spiro atoms. The van der Waals surface area contributed by atoms with E-state index in [1.807, 2.05) is 0 Å². The molecule has 0 radical (unpaired) electrons. The number of ether oxygens (including phenoxy) is 4. The van der Waals surface area contributed by atoms with Gasteiger partial charge in [0.25, 0.3) is 0 Å². The smallest absolute Gasteiger partial charge is 0.434 e. The molecule has 140 valence electrons. The maximum Gasteiger partial charge on any atom is 0.508 e. The van der Waals surface area contributed by atoms with Crippen molar-refractivity contribution in [1.82, 2.24) is 0 Å². The Morgan fingerprint density at radius 2 is 1.08 bits per heavy atom. The third kappa shape index (κ3) is 9.63. The SMILES string of the molecule is CCCCCOC(=O)OC1CCC(OC(=O)OCCCCC)CC1. The molecule has 0 aromatic carbocycles. The first kappa shape index (κ1) is 20.6. The molecule has 1 fully saturated rings. The van der Waals surface area contributed by atoms with E-state index in [0.717, 1.165) is 38.5 Å². The molecule has 0 aromatic rings. The lowest BCUT2D eigenvalue weighted by atomic mass is 9.95. The molecule has 0 heterocycles. The molecule has 0 bridgehead atoms. The highest BCUT2D eigenvalue weighted by atomic mass is 16.7. The van der Waals surface area contributed by atoms with Crippen LogP contribution in [0.15, 0.2) is 0 Å². The topological polar surface area (TPSA) is 71.1 Å². The Morgan fingerprint density at radius 3 is 1.42 bits per heavy atom. The first-order valence-corrected chi connectivity index (χ1v) is 9.32. The van der Waals surface area contributed by atoms with E-state index in [1.165, 1.54) is 0 Å². The molecule has 6 nitrogen and oxygen atoms in total. The Kier molecular flexibility index (Phi) is 11.1. The van der Waals surface area contributed by atoms with Gasteiger partial charge in [-0.1, -0.05) is 39.5 Å². The summed E-state index contributed by atoms with van der Waals surface area (Å²) in [6, 6.07) is 0. The summed E-state index contributed by atoms with van der Waals surface area (Å²) < 4.78 is 20.6. The van der Waals surface area contributed by atoms with E-state index < -0.39 is 12.3 Å². The highest BCUT2D eigenvalue weighted by Crippen LogP contribution is 2.24. The van der Waals surface area contributed by atoms with Gasteiger partial charge in [-0.25, -0.2) is 9.59 Å². The van der Waals surface area contributed by atoms with Crippen molar-refractivity contribution in [3.63, 3.8) is 0 Å². The first-order chi connectivity index (χ1) is 11.7. The van der Waals surface area contributed by atoms with Gasteiger partial charge >= 0.3 is 12.3 Å². The van der Waals surface area contributed by atoms with Gasteiger partial charge in [0.05, 0.1) is 13.2 Å². The second-order valence-corrected chi connectivity index (χ2v) is 6.25. The number of unbranched alkanes of at least 4 members (excludes halogenated alkanes) is 4. The zero-order valence-corrected chi connectivity index (χ0v) is 15.1. The zero-order chi connectivity index (χ0) is 17.6. The molecule has 0 aliphatic heterocycles. The minimum Gasteiger partial charge on any atom is -0.434 e.